The SMILES string of the molecule is CCC(N)C(C)Cc1csc(C)n1. The van der Waals surface area contributed by atoms with Crippen LogP contribution in [0.4, 0.5) is 0 Å². The first-order valence-electron chi connectivity index (χ1n) is 4.80. The Hall–Kier alpha value is -0.410. The molecule has 1 aromatic rings. The van der Waals surface area contributed by atoms with Crippen LogP contribution in [0.15, 0.2) is 5.38 Å². The maximum Gasteiger partial charge on any atom is 0.0897 e. The lowest BCUT2D eigenvalue weighted by molar-refractivity contribution is 0.439. The van der Waals surface area contributed by atoms with E-state index in [0.717, 1.165) is 17.8 Å². The summed E-state index contributed by atoms with van der Waals surface area (Å²) in [6, 6.07) is 0.307. The maximum atomic E-state index is 5.95. The first kappa shape index (κ1) is 10.7. The molecule has 2 atom stereocenters. The number of hydrogen-bond acceptors (Lipinski definition) is 3. The normalized spacial score (nSPS) is 15.7. The number of thiazole rings is 1. The predicted octanol–water partition coefficient (Wildman–Crippen LogP) is 2.37. The Morgan fingerprint density at radius 2 is 2.31 bits per heavy atom. The molecule has 13 heavy (non-hydrogen) atoms. The minimum Gasteiger partial charge on any atom is -0.327 e. The van der Waals surface area contributed by atoms with Crippen molar-refractivity contribution in [2.75, 3.05) is 0 Å². The third kappa shape index (κ3) is 3.08. The van der Waals surface area contributed by atoms with Crippen LogP contribution in [0.25, 0.3) is 0 Å². The van der Waals surface area contributed by atoms with Crippen molar-refractivity contribution in [1.29, 1.82) is 0 Å². The number of rotatable bonds is 4. The molecule has 2 nitrogen and oxygen atoms in total. The lowest BCUT2D eigenvalue weighted by Crippen LogP contribution is -2.28. The van der Waals surface area contributed by atoms with Crippen LogP contribution in [0, 0.1) is 12.8 Å². The van der Waals surface area contributed by atoms with Gasteiger partial charge in [-0.3, -0.25) is 0 Å². The fourth-order valence-corrected chi connectivity index (χ4v) is 2.01. The van der Waals surface area contributed by atoms with Gasteiger partial charge >= 0.3 is 0 Å². The van der Waals surface area contributed by atoms with E-state index in [0.29, 0.717) is 12.0 Å². The summed E-state index contributed by atoms with van der Waals surface area (Å²) < 4.78 is 0. The molecule has 1 aromatic heterocycles. The van der Waals surface area contributed by atoms with E-state index >= 15 is 0 Å². The summed E-state index contributed by atoms with van der Waals surface area (Å²) in [6.45, 7) is 6.37. The van der Waals surface area contributed by atoms with Crippen molar-refractivity contribution in [3.05, 3.63) is 16.1 Å². The van der Waals surface area contributed by atoms with Crippen molar-refractivity contribution in [2.24, 2.45) is 11.7 Å². The van der Waals surface area contributed by atoms with Crippen LogP contribution in [0.5, 0.6) is 0 Å². The largest absolute Gasteiger partial charge is 0.327 e. The summed E-state index contributed by atoms with van der Waals surface area (Å²) in [5.41, 5.74) is 7.14. The van der Waals surface area contributed by atoms with Crippen LogP contribution in [0.2, 0.25) is 0 Å². The molecule has 0 aliphatic carbocycles. The van der Waals surface area contributed by atoms with Crippen LogP contribution in [-0.4, -0.2) is 11.0 Å². The number of hydrogen-bond donors (Lipinski definition) is 1. The zero-order chi connectivity index (χ0) is 9.84. The van der Waals surface area contributed by atoms with Crippen molar-refractivity contribution in [2.45, 2.75) is 39.7 Å². The van der Waals surface area contributed by atoms with Gasteiger partial charge in [0.1, 0.15) is 0 Å². The molecular formula is C10H18N2S. The van der Waals surface area contributed by atoms with Crippen molar-refractivity contribution in [1.82, 2.24) is 4.98 Å². The molecule has 0 saturated heterocycles. The van der Waals surface area contributed by atoms with Gasteiger partial charge in [-0.1, -0.05) is 13.8 Å². The molecule has 0 radical (unpaired) electrons. The third-order valence-electron chi connectivity index (χ3n) is 2.40. The molecule has 1 heterocycles. The first-order valence-corrected chi connectivity index (χ1v) is 5.68. The fourth-order valence-electron chi connectivity index (χ4n) is 1.39. The van der Waals surface area contributed by atoms with E-state index in [4.69, 9.17) is 5.73 Å². The van der Waals surface area contributed by atoms with E-state index in [-0.39, 0.29) is 0 Å². The highest BCUT2D eigenvalue weighted by molar-refractivity contribution is 7.09. The lowest BCUT2D eigenvalue weighted by Gasteiger charge is -2.16. The lowest BCUT2D eigenvalue weighted by atomic mass is 9.96. The van der Waals surface area contributed by atoms with Crippen LogP contribution >= 0.6 is 11.3 Å². The van der Waals surface area contributed by atoms with Crippen LogP contribution in [0.3, 0.4) is 0 Å². The highest BCUT2D eigenvalue weighted by atomic mass is 32.1. The number of nitrogens with zero attached hydrogens (tertiary/aromatic N) is 1. The van der Waals surface area contributed by atoms with Gasteiger partial charge in [-0.25, -0.2) is 4.98 Å². The molecule has 3 heteroatoms. The van der Waals surface area contributed by atoms with E-state index in [9.17, 15) is 0 Å². The molecule has 0 bridgehead atoms. The Morgan fingerprint density at radius 1 is 1.62 bits per heavy atom. The van der Waals surface area contributed by atoms with Gasteiger partial charge < -0.3 is 5.73 Å². The second kappa shape index (κ2) is 4.72. The van der Waals surface area contributed by atoms with E-state index < -0.39 is 0 Å². The van der Waals surface area contributed by atoms with Crippen molar-refractivity contribution in [3.8, 4) is 0 Å². The molecule has 0 spiro atoms. The maximum absolute atomic E-state index is 5.95. The van der Waals surface area contributed by atoms with E-state index in [1.807, 2.05) is 6.92 Å². The van der Waals surface area contributed by atoms with Gasteiger partial charge in [0, 0.05) is 11.4 Å². The number of aryl methyl sites for hydroxylation is 1. The van der Waals surface area contributed by atoms with Gasteiger partial charge in [0.15, 0.2) is 0 Å². The average Bonchev–Trinajstić information content (AvgIpc) is 2.49. The number of nitrogens with two attached hydrogens (primary N) is 1. The molecule has 0 aliphatic heterocycles. The van der Waals surface area contributed by atoms with Gasteiger partial charge in [-0.15, -0.1) is 11.3 Å². The van der Waals surface area contributed by atoms with E-state index in [1.54, 1.807) is 11.3 Å². The fraction of sp³-hybridized carbons (Fsp3) is 0.700. The second-order valence-corrected chi connectivity index (χ2v) is 4.67. The quantitative estimate of drug-likeness (QED) is 0.806. The molecule has 1 rings (SSSR count). The zero-order valence-corrected chi connectivity index (χ0v) is 9.40. The molecule has 0 saturated carbocycles. The van der Waals surface area contributed by atoms with Crippen molar-refractivity contribution >= 4 is 11.3 Å². The summed E-state index contributed by atoms with van der Waals surface area (Å²) >= 11 is 1.71. The Morgan fingerprint density at radius 3 is 2.77 bits per heavy atom. The topological polar surface area (TPSA) is 38.9 Å². The van der Waals surface area contributed by atoms with Crippen molar-refractivity contribution < 1.29 is 0 Å². The second-order valence-electron chi connectivity index (χ2n) is 3.61. The van der Waals surface area contributed by atoms with Gasteiger partial charge in [0.2, 0.25) is 0 Å². The van der Waals surface area contributed by atoms with Gasteiger partial charge in [-0.2, -0.15) is 0 Å². The Kier molecular flexibility index (Phi) is 3.88. The van der Waals surface area contributed by atoms with Crippen LogP contribution < -0.4 is 5.73 Å². The summed E-state index contributed by atoms with van der Waals surface area (Å²) in [5.74, 6) is 0.534. The van der Waals surface area contributed by atoms with Gasteiger partial charge in [-0.05, 0) is 25.7 Å². The Bertz CT molecular complexity index is 257. The smallest absolute Gasteiger partial charge is 0.0897 e. The molecular weight excluding hydrogens is 180 g/mol. The molecule has 74 valence electrons. The molecule has 0 fully saturated rings. The van der Waals surface area contributed by atoms with Crippen molar-refractivity contribution in [3.63, 3.8) is 0 Å². The van der Waals surface area contributed by atoms with Crippen LogP contribution in [-0.2, 0) is 6.42 Å². The predicted molar refractivity (Wildman–Crippen MR) is 58.0 cm³/mol. The van der Waals surface area contributed by atoms with Crippen LogP contribution in [0.1, 0.15) is 31.0 Å². The molecule has 2 unspecified atom stereocenters. The molecule has 2 N–H and O–H groups in total. The molecule has 0 aromatic carbocycles. The summed E-state index contributed by atoms with van der Waals surface area (Å²) in [4.78, 5) is 4.43. The monoisotopic (exact) mass is 198 g/mol. The minimum absolute atomic E-state index is 0.307. The summed E-state index contributed by atoms with van der Waals surface area (Å²) in [7, 11) is 0. The Balaban J connectivity index is 2.49. The van der Waals surface area contributed by atoms with Gasteiger partial charge in [0.05, 0.1) is 10.7 Å². The third-order valence-corrected chi connectivity index (χ3v) is 3.22. The average molecular weight is 198 g/mol. The first-order chi connectivity index (χ1) is 6.13. The summed E-state index contributed by atoms with van der Waals surface area (Å²) in [5, 5.41) is 3.28. The highest BCUT2D eigenvalue weighted by Crippen LogP contribution is 2.15. The molecule has 0 aliphatic rings. The van der Waals surface area contributed by atoms with Gasteiger partial charge in [0.25, 0.3) is 0 Å². The van der Waals surface area contributed by atoms with E-state index in [1.165, 1.54) is 5.69 Å². The summed E-state index contributed by atoms with van der Waals surface area (Å²) in [6.07, 6.45) is 2.06. The minimum atomic E-state index is 0.307. The standard InChI is InChI=1S/C10H18N2S/c1-4-10(11)7(2)5-9-6-13-8(3)12-9/h6-7,10H,4-5,11H2,1-3H3. The number of aromatic nitrogens is 1. The zero-order valence-electron chi connectivity index (χ0n) is 8.58. The molecule has 0 amide bonds. The highest BCUT2D eigenvalue weighted by Gasteiger charge is 2.12. The van der Waals surface area contributed by atoms with E-state index in [2.05, 4.69) is 24.2 Å². The Labute approximate surface area is 84.2 Å².